The predicted octanol–water partition coefficient (Wildman–Crippen LogP) is 1.28. The molecule has 1 aliphatic rings. The van der Waals surface area contributed by atoms with Gasteiger partial charge in [-0.1, -0.05) is 30.3 Å². The van der Waals surface area contributed by atoms with E-state index in [9.17, 15) is 0 Å². The largest absolute Gasteiger partial charge is 0.314 e. The first kappa shape index (κ1) is 13.5. The molecule has 1 aromatic rings. The van der Waals surface area contributed by atoms with Crippen molar-refractivity contribution in [3.63, 3.8) is 0 Å². The second-order valence-corrected chi connectivity index (χ2v) is 5.37. The maximum absolute atomic E-state index is 3.62. The molecular weight excluding hydrogens is 222 g/mol. The number of rotatable bonds is 8. The highest BCUT2D eigenvalue weighted by Crippen LogP contribution is 2.40. The van der Waals surface area contributed by atoms with Gasteiger partial charge in [0.25, 0.3) is 0 Å². The summed E-state index contributed by atoms with van der Waals surface area (Å²) >= 11 is 0. The van der Waals surface area contributed by atoms with Gasteiger partial charge in [0.05, 0.1) is 0 Å². The Balaban J connectivity index is 1.52. The number of benzene rings is 1. The highest BCUT2D eigenvalue weighted by molar-refractivity contribution is 5.27. The van der Waals surface area contributed by atoms with Crippen molar-refractivity contribution < 1.29 is 0 Å². The van der Waals surface area contributed by atoms with Gasteiger partial charge in [0.1, 0.15) is 0 Å². The first-order valence-corrected chi connectivity index (χ1v) is 6.91. The minimum atomic E-state index is 0.697. The van der Waals surface area contributed by atoms with Crippen LogP contribution in [0.1, 0.15) is 17.9 Å². The number of nitrogens with one attached hydrogen (secondary N) is 2. The number of hydrogen-bond acceptors (Lipinski definition) is 3. The van der Waals surface area contributed by atoms with Gasteiger partial charge in [-0.3, -0.25) is 0 Å². The Bertz CT molecular complexity index is 337. The smallest absolute Gasteiger partial charge is 0.0143 e. The Morgan fingerprint density at radius 2 is 1.89 bits per heavy atom. The van der Waals surface area contributed by atoms with Gasteiger partial charge in [0.2, 0.25) is 0 Å². The molecule has 1 saturated carbocycles. The lowest BCUT2D eigenvalue weighted by molar-refractivity contribution is 0.399. The van der Waals surface area contributed by atoms with Crippen molar-refractivity contribution in [1.29, 1.82) is 0 Å². The molecule has 3 heteroatoms. The van der Waals surface area contributed by atoms with Crippen molar-refractivity contribution >= 4 is 0 Å². The van der Waals surface area contributed by atoms with E-state index in [1.807, 2.05) is 0 Å². The van der Waals surface area contributed by atoms with Crippen LogP contribution in [0.4, 0.5) is 0 Å². The third kappa shape index (κ3) is 4.41. The van der Waals surface area contributed by atoms with E-state index in [4.69, 9.17) is 0 Å². The second kappa shape index (κ2) is 6.88. The predicted molar refractivity (Wildman–Crippen MR) is 77.0 cm³/mol. The molecule has 1 aliphatic carbocycles. The molecule has 0 saturated heterocycles. The van der Waals surface area contributed by atoms with Crippen LogP contribution in [0.5, 0.6) is 0 Å². The van der Waals surface area contributed by atoms with Crippen molar-refractivity contribution in [3.05, 3.63) is 35.9 Å². The van der Waals surface area contributed by atoms with Crippen LogP contribution < -0.4 is 10.6 Å². The van der Waals surface area contributed by atoms with Gasteiger partial charge in [-0.15, -0.1) is 0 Å². The normalized spacial score (nSPS) is 22.4. The molecule has 0 amide bonds. The van der Waals surface area contributed by atoms with Crippen LogP contribution in [0, 0.1) is 0 Å². The van der Waals surface area contributed by atoms with Gasteiger partial charge in [-0.25, -0.2) is 0 Å². The van der Waals surface area contributed by atoms with E-state index in [0.29, 0.717) is 6.04 Å². The summed E-state index contributed by atoms with van der Waals surface area (Å²) in [5.41, 5.74) is 1.48. The summed E-state index contributed by atoms with van der Waals surface area (Å²) in [5.74, 6) is 0.743. The van der Waals surface area contributed by atoms with Gasteiger partial charge >= 0.3 is 0 Å². The fourth-order valence-corrected chi connectivity index (χ4v) is 2.26. The maximum atomic E-state index is 3.62. The molecule has 2 atom stereocenters. The van der Waals surface area contributed by atoms with Crippen molar-refractivity contribution in [1.82, 2.24) is 15.5 Å². The highest BCUT2D eigenvalue weighted by Gasteiger charge is 2.37. The Morgan fingerprint density at radius 1 is 1.11 bits per heavy atom. The average molecular weight is 247 g/mol. The van der Waals surface area contributed by atoms with Crippen LogP contribution in [-0.4, -0.2) is 51.2 Å². The highest BCUT2D eigenvalue weighted by atomic mass is 15.1. The molecule has 0 spiro atoms. The van der Waals surface area contributed by atoms with E-state index in [1.165, 1.54) is 12.0 Å². The number of likely N-dealkylation sites (N-methyl/N-ethyl adjacent to an activating group) is 1. The van der Waals surface area contributed by atoms with Crippen molar-refractivity contribution in [2.45, 2.75) is 18.4 Å². The van der Waals surface area contributed by atoms with Crippen LogP contribution in [-0.2, 0) is 0 Å². The third-order valence-electron chi connectivity index (χ3n) is 3.46. The zero-order valence-electron chi connectivity index (χ0n) is 11.5. The summed E-state index contributed by atoms with van der Waals surface area (Å²) in [5, 5.41) is 7.07. The molecule has 18 heavy (non-hydrogen) atoms. The topological polar surface area (TPSA) is 27.3 Å². The summed E-state index contributed by atoms with van der Waals surface area (Å²) in [6.45, 7) is 4.31. The number of nitrogens with zero attached hydrogens (tertiary/aromatic N) is 1. The SMILES string of the molecule is CN(C)CCNCCNC1CC1c1ccccc1. The second-order valence-electron chi connectivity index (χ2n) is 5.37. The summed E-state index contributed by atoms with van der Waals surface area (Å²) in [6, 6.07) is 11.5. The summed E-state index contributed by atoms with van der Waals surface area (Å²) < 4.78 is 0. The monoisotopic (exact) mass is 247 g/mol. The van der Waals surface area contributed by atoms with E-state index in [-0.39, 0.29) is 0 Å². The molecule has 3 nitrogen and oxygen atoms in total. The molecule has 0 aliphatic heterocycles. The Hall–Kier alpha value is -0.900. The standard InChI is InChI=1S/C15H25N3/c1-18(2)11-10-16-8-9-17-15-12-14(15)13-6-4-3-5-7-13/h3-7,14-17H,8-12H2,1-2H3. The lowest BCUT2D eigenvalue weighted by Gasteiger charge is -2.10. The first-order valence-electron chi connectivity index (χ1n) is 6.91. The van der Waals surface area contributed by atoms with Crippen LogP contribution in [0.3, 0.4) is 0 Å². The fraction of sp³-hybridized carbons (Fsp3) is 0.600. The molecule has 0 aromatic heterocycles. The Labute approximate surface area is 111 Å². The molecule has 1 aromatic carbocycles. The van der Waals surface area contributed by atoms with Crippen LogP contribution in [0.2, 0.25) is 0 Å². The molecule has 1 fully saturated rings. The van der Waals surface area contributed by atoms with E-state index in [2.05, 4.69) is 60.0 Å². The third-order valence-corrected chi connectivity index (χ3v) is 3.46. The Kier molecular flexibility index (Phi) is 5.17. The molecule has 0 heterocycles. The summed E-state index contributed by atoms with van der Waals surface area (Å²) in [6.07, 6.45) is 1.29. The maximum Gasteiger partial charge on any atom is 0.0143 e. The lowest BCUT2D eigenvalue weighted by Crippen LogP contribution is -2.33. The summed E-state index contributed by atoms with van der Waals surface area (Å²) in [7, 11) is 4.21. The van der Waals surface area contributed by atoms with E-state index >= 15 is 0 Å². The molecule has 100 valence electrons. The molecule has 2 N–H and O–H groups in total. The fourth-order valence-electron chi connectivity index (χ4n) is 2.26. The van der Waals surface area contributed by atoms with Gasteiger partial charge in [-0.2, -0.15) is 0 Å². The van der Waals surface area contributed by atoms with E-state index < -0.39 is 0 Å². The van der Waals surface area contributed by atoms with Gasteiger partial charge < -0.3 is 15.5 Å². The van der Waals surface area contributed by atoms with Gasteiger partial charge in [0.15, 0.2) is 0 Å². The quantitative estimate of drug-likeness (QED) is 0.678. The number of hydrogen-bond donors (Lipinski definition) is 2. The molecule has 0 bridgehead atoms. The molecule has 0 radical (unpaired) electrons. The average Bonchev–Trinajstić information content (AvgIpc) is 3.14. The molecular formula is C15H25N3. The minimum Gasteiger partial charge on any atom is -0.314 e. The van der Waals surface area contributed by atoms with Crippen LogP contribution in [0.15, 0.2) is 30.3 Å². The van der Waals surface area contributed by atoms with Crippen LogP contribution >= 0.6 is 0 Å². The van der Waals surface area contributed by atoms with Crippen molar-refractivity contribution in [2.24, 2.45) is 0 Å². The van der Waals surface area contributed by atoms with Gasteiger partial charge in [-0.05, 0) is 26.1 Å². The lowest BCUT2D eigenvalue weighted by atomic mass is 10.1. The molecule has 2 rings (SSSR count). The summed E-state index contributed by atoms with van der Waals surface area (Å²) in [4.78, 5) is 2.20. The Morgan fingerprint density at radius 3 is 2.61 bits per heavy atom. The van der Waals surface area contributed by atoms with Gasteiger partial charge in [0, 0.05) is 38.1 Å². The van der Waals surface area contributed by atoms with Crippen molar-refractivity contribution in [2.75, 3.05) is 40.3 Å². The van der Waals surface area contributed by atoms with E-state index in [1.54, 1.807) is 0 Å². The van der Waals surface area contributed by atoms with Crippen molar-refractivity contribution in [3.8, 4) is 0 Å². The molecule has 2 unspecified atom stereocenters. The van der Waals surface area contributed by atoms with Crippen LogP contribution in [0.25, 0.3) is 0 Å². The first-order chi connectivity index (χ1) is 8.77. The zero-order chi connectivity index (χ0) is 12.8. The van der Waals surface area contributed by atoms with E-state index in [0.717, 1.165) is 32.1 Å². The zero-order valence-corrected chi connectivity index (χ0v) is 11.5. The minimum absolute atomic E-state index is 0.697.